The van der Waals surface area contributed by atoms with Crippen LogP contribution in [0.3, 0.4) is 0 Å². The summed E-state index contributed by atoms with van der Waals surface area (Å²) in [6.07, 6.45) is 2.58. The molecule has 0 fully saturated rings. The minimum absolute atomic E-state index is 0.160. The highest BCUT2D eigenvalue weighted by molar-refractivity contribution is 5.94. The first-order chi connectivity index (χ1) is 8.61. The van der Waals surface area contributed by atoms with E-state index >= 15 is 0 Å². The fourth-order valence-electron chi connectivity index (χ4n) is 1.97. The first-order valence-corrected chi connectivity index (χ1v) is 6.34. The molecule has 0 aliphatic carbocycles. The van der Waals surface area contributed by atoms with E-state index < -0.39 is 0 Å². The first kappa shape index (κ1) is 12.6. The molecule has 4 heteroatoms. The predicted molar refractivity (Wildman–Crippen MR) is 73.8 cm³/mol. The molecule has 0 saturated heterocycles. The molecule has 96 valence electrons. The minimum atomic E-state index is 0.160. The van der Waals surface area contributed by atoms with Gasteiger partial charge in [0.25, 0.3) is 0 Å². The van der Waals surface area contributed by atoms with Crippen LogP contribution < -0.4 is 4.90 Å². The van der Waals surface area contributed by atoms with Crippen LogP contribution in [-0.2, 0) is 4.79 Å². The topological polar surface area (TPSA) is 49.0 Å². The van der Waals surface area contributed by atoms with Crippen LogP contribution in [0.25, 0.3) is 11.0 Å². The summed E-state index contributed by atoms with van der Waals surface area (Å²) in [6, 6.07) is 5.85. The van der Waals surface area contributed by atoms with Crippen molar-refractivity contribution in [1.82, 2.24) is 9.97 Å². The number of fused-ring (bicyclic) bond motifs is 1. The standard InChI is InChI=1S/C14H19N3O/c1-4-5-6-14(18)17(3)11-7-8-12-13(9-11)16-10(2)15-12/h7-9H,4-6H2,1-3H3,(H,15,16). The number of aromatic nitrogens is 2. The Morgan fingerprint density at radius 3 is 2.94 bits per heavy atom. The molecule has 0 spiro atoms. The Kier molecular flexibility index (Phi) is 3.65. The van der Waals surface area contributed by atoms with Gasteiger partial charge in [-0.1, -0.05) is 13.3 Å². The Bertz CT molecular complexity index is 559. The number of H-pyrrole nitrogens is 1. The lowest BCUT2D eigenvalue weighted by atomic mass is 10.2. The average molecular weight is 245 g/mol. The van der Waals surface area contributed by atoms with Crippen molar-refractivity contribution in [2.45, 2.75) is 33.1 Å². The Balaban J connectivity index is 2.21. The number of carbonyl (C=O) groups is 1. The average Bonchev–Trinajstić information content (AvgIpc) is 2.73. The third-order valence-electron chi connectivity index (χ3n) is 3.09. The quantitative estimate of drug-likeness (QED) is 0.900. The Hall–Kier alpha value is -1.84. The van der Waals surface area contributed by atoms with Gasteiger partial charge < -0.3 is 9.88 Å². The van der Waals surface area contributed by atoms with Crippen LogP contribution in [-0.4, -0.2) is 22.9 Å². The number of hydrogen-bond donors (Lipinski definition) is 1. The van der Waals surface area contributed by atoms with Gasteiger partial charge in [0.1, 0.15) is 5.82 Å². The number of amides is 1. The second-order valence-corrected chi connectivity index (χ2v) is 4.58. The molecule has 0 aliphatic heterocycles. The molecule has 2 aromatic rings. The highest BCUT2D eigenvalue weighted by Crippen LogP contribution is 2.20. The third-order valence-corrected chi connectivity index (χ3v) is 3.09. The Morgan fingerprint density at radius 1 is 1.44 bits per heavy atom. The molecule has 1 aromatic heterocycles. The van der Waals surface area contributed by atoms with Crippen LogP contribution in [0.15, 0.2) is 18.2 Å². The molecule has 0 aliphatic rings. The van der Waals surface area contributed by atoms with E-state index in [0.29, 0.717) is 6.42 Å². The number of anilines is 1. The minimum Gasteiger partial charge on any atom is -0.342 e. The molecule has 2 rings (SSSR count). The van der Waals surface area contributed by atoms with Crippen LogP contribution >= 0.6 is 0 Å². The monoisotopic (exact) mass is 245 g/mol. The van der Waals surface area contributed by atoms with Gasteiger partial charge in [-0.2, -0.15) is 0 Å². The van der Waals surface area contributed by atoms with Gasteiger partial charge in [0.05, 0.1) is 11.0 Å². The lowest BCUT2D eigenvalue weighted by molar-refractivity contribution is -0.118. The fraction of sp³-hybridized carbons (Fsp3) is 0.429. The van der Waals surface area contributed by atoms with Gasteiger partial charge in [-0.15, -0.1) is 0 Å². The number of rotatable bonds is 4. The van der Waals surface area contributed by atoms with E-state index in [1.807, 2.05) is 32.2 Å². The summed E-state index contributed by atoms with van der Waals surface area (Å²) in [5, 5.41) is 0. The molecule has 0 unspecified atom stereocenters. The van der Waals surface area contributed by atoms with E-state index in [1.54, 1.807) is 4.90 Å². The number of unbranched alkanes of at least 4 members (excludes halogenated alkanes) is 1. The first-order valence-electron chi connectivity index (χ1n) is 6.34. The van der Waals surface area contributed by atoms with E-state index in [9.17, 15) is 4.79 Å². The van der Waals surface area contributed by atoms with Crippen molar-refractivity contribution in [3.8, 4) is 0 Å². The second kappa shape index (κ2) is 5.21. The molecule has 0 bridgehead atoms. The van der Waals surface area contributed by atoms with Crippen molar-refractivity contribution in [2.75, 3.05) is 11.9 Å². The summed E-state index contributed by atoms with van der Waals surface area (Å²) >= 11 is 0. The smallest absolute Gasteiger partial charge is 0.226 e. The predicted octanol–water partition coefficient (Wildman–Crippen LogP) is 3.02. The molecule has 0 saturated carbocycles. The molecule has 1 amide bonds. The van der Waals surface area contributed by atoms with E-state index in [0.717, 1.165) is 35.4 Å². The van der Waals surface area contributed by atoms with Crippen molar-refractivity contribution in [3.63, 3.8) is 0 Å². The summed E-state index contributed by atoms with van der Waals surface area (Å²) < 4.78 is 0. The number of benzene rings is 1. The maximum atomic E-state index is 11.9. The number of nitrogens with one attached hydrogen (secondary N) is 1. The molecule has 0 atom stereocenters. The van der Waals surface area contributed by atoms with Crippen molar-refractivity contribution in [1.29, 1.82) is 0 Å². The van der Waals surface area contributed by atoms with E-state index in [2.05, 4.69) is 16.9 Å². The van der Waals surface area contributed by atoms with Crippen molar-refractivity contribution in [2.24, 2.45) is 0 Å². The summed E-state index contributed by atoms with van der Waals surface area (Å²) in [7, 11) is 1.82. The molecular weight excluding hydrogens is 226 g/mol. The number of aromatic amines is 1. The second-order valence-electron chi connectivity index (χ2n) is 4.58. The van der Waals surface area contributed by atoms with Gasteiger partial charge >= 0.3 is 0 Å². The number of hydrogen-bond acceptors (Lipinski definition) is 2. The van der Waals surface area contributed by atoms with Crippen LogP contribution in [0, 0.1) is 6.92 Å². The highest BCUT2D eigenvalue weighted by Gasteiger charge is 2.11. The maximum Gasteiger partial charge on any atom is 0.226 e. The molecular formula is C14H19N3O. The number of nitrogens with zero attached hydrogens (tertiary/aromatic N) is 2. The number of carbonyl (C=O) groups excluding carboxylic acids is 1. The largest absolute Gasteiger partial charge is 0.342 e. The van der Waals surface area contributed by atoms with Gasteiger partial charge in [0.15, 0.2) is 0 Å². The van der Waals surface area contributed by atoms with Crippen molar-refractivity contribution in [3.05, 3.63) is 24.0 Å². The zero-order valence-corrected chi connectivity index (χ0v) is 11.2. The highest BCUT2D eigenvalue weighted by atomic mass is 16.2. The van der Waals surface area contributed by atoms with E-state index in [1.165, 1.54) is 0 Å². The molecule has 0 radical (unpaired) electrons. The van der Waals surface area contributed by atoms with Crippen LogP contribution in [0.1, 0.15) is 32.0 Å². The van der Waals surface area contributed by atoms with Gasteiger partial charge in [0, 0.05) is 19.2 Å². The van der Waals surface area contributed by atoms with Crippen molar-refractivity contribution >= 4 is 22.6 Å². The molecule has 1 N–H and O–H groups in total. The SMILES string of the molecule is CCCCC(=O)N(C)c1ccc2nc(C)[nH]c2c1. The number of aryl methyl sites for hydroxylation is 1. The lowest BCUT2D eigenvalue weighted by Gasteiger charge is -2.17. The molecule has 18 heavy (non-hydrogen) atoms. The zero-order chi connectivity index (χ0) is 13.1. The van der Waals surface area contributed by atoms with Gasteiger partial charge in [-0.3, -0.25) is 4.79 Å². The number of imidazole rings is 1. The molecule has 1 aromatic carbocycles. The lowest BCUT2D eigenvalue weighted by Crippen LogP contribution is -2.25. The van der Waals surface area contributed by atoms with Crippen LogP contribution in [0.2, 0.25) is 0 Å². The molecule has 1 heterocycles. The normalized spacial score (nSPS) is 10.8. The summed E-state index contributed by atoms with van der Waals surface area (Å²) in [4.78, 5) is 21.2. The Morgan fingerprint density at radius 2 is 2.22 bits per heavy atom. The van der Waals surface area contributed by atoms with Gasteiger partial charge in [-0.05, 0) is 31.5 Å². The fourth-order valence-corrected chi connectivity index (χ4v) is 1.97. The summed E-state index contributed by atoms with van der Waals surface area (Å²) in [5.41, 5.74) is 2.82. The van der Waals surface area contributed by atoms with Gasteiger partial charge in [0.2, 0.25) is 5.91 Å². The summed E-state index contributed by atoms with van der Waals surface area (Å²) in [6.45, 7) is 4.02. The van der Waals surface area contributed by atoms with Crippen molar-refractivity contribution < 1.29 is 4.79 Å². The summed E-state index contributed by atoms with van der Waals surface area (Å²) in [5.74, 6) is 1.05. The zero-order valence-electron chi connectivity index (χ0n) is 11.2. The van der Waals surface area contributed by atoms with Gasteiger partial charge in [-0.25, -0.2) is 4.98 Å². The maximum absolute atomic E-state index is 11.9. The Labute approximate surface area is 107 Å². The van der Waals surface area contributed by atoms with E-state index in [4.69, 9.17) is 0 Å². The third kappa shape index (κ3) is 2.53. The molecule has 4 nitrogen and oxygen atoms in total. The van der Waals surface area contributed by atoms with Crippen LogP contribution in [0.4, 0.5) is 5.69 Å². The van der Waals surface area contributed by atoms with E-state index in [-0.39, 0.29) is 5.91 Å². The van der Waals surface area contributed by atoms with Crippen LogP contribution in [0.5, 0.6) is 0 Å².